The molecule has 4 aliphatic heterocycles. The number of hydrogen-bond donors (Lipinski definition) is 12. The average molecular weight is 999 g/mol. The molecule has 4 heterocycles. The molecule has 4 aliphatic rings. The summed E-state index contributed by atoms with van der Waals surface area (Å²) in [4.78, 5) is 95.9. The first-order chi connectivity index (χ1) is 33.4. The molecule has 2 bridgehead atoms. The van der Waals surface area contributed by atoms with Crippen molar-refractivity contribution in [3.8, 4) is 80.1 Å². The third-order valence-corrected chi connectivity index (χ3v) is 11.7. The van der Waals surface area contributed by atoms with Gasteiger partial charge in [0.1, 0.15) is 12.7 Å². The van der Waals surface area contributed by atoms with Crippen LogP contribution < -0.4 is 4.74 Å². The number of carbonyl (C=O) groups is 7. The smallest absolute Gasteiger partial charge is 0.352 e. The summed E-state index contributed by atoms with van der Waals surface area (Å²) in [5.41, 5.74) is -9.24. The number of hydrogen-bond acceptors (Lipinski definition) is 28. The van der Waals surface area contributed by atoms with Crippen LogP contribution in [0.5, 0.6) is 69.0 Å². The molecule has 71 heavy (non-hydrogen) atoms. The number of rotatable bonds is 7. The second-order valence-electron chi connectivity index (χ2n) is 15.8. The van der Waals surface area contributed by atoms with E-state index in [1.165, 1.54) is 0 Å². The van der Waals surface area contributed by atoms with Crippen LogP contribution in [0.25, 0.3) is 11.1 Å². The number of phenols is 11. The van der Waals surface area contributed by atoms with Gasteiger partial charge in [-0.15, -0.1) is 0 Å². The van der Waals surface area contributed by atoms with Crippen molar-refractivity contribution < 1.29 is 137 Å². The Morgan fingerprint density at radius 3 is 1.80 bits per heavy atom. The molecule has 8 rings (SSSR count). The lowest BCUT2D eigenvalue weighted by atomic mass is 9.78. The van der Waals surface area contributed by atoms with Gasteiger partial charge in [0.25, 0.3) is 0 Å². The van der Waals surface area contributed by atoms with E-state index in [0.29, 0.717) is 30.3 Å². The Kier molecular flexibility index (Phi) is 11.8. The SMILES string of the molecule is COC(=O)C[C@]12Oc3c(O)c(O)cc(C(=O)O[C@H]4[C@@H]5OC(=O)c6cc(O)c(O)c(O)c6-c6c(cc(O)c(O)c6O)C(=O)OC[C@H]4O[C@H](OC(=O)c4cc(O)c(O)c(O)c4)[C@@H]5O)c3[C@@H]1[C@@H](C(=O)OC)OC2=O. The first-order valence-electron chi connectivity index (χ1n) is 20.0. The number of phenolic OH excluding ortho intramolecular Hbond substituents is 11. The summed E-state index contributed by atoms with van der Waals surface area (Å²) in [6, 6.07) is 2.54. The number of aliphatic hydroxyl groups is 1. The van der Waals surface area contributed by atoms with E-state index in [-0.39, 0.29) is 0 Å². The van der Waals surface area contributed by atoms with Crippen LogP contribution in [-0.2, 0) is 52.3 Å². The van der Waals surface area contributed by atoms with Crippen molar-refractivity contribution in [3.63, 3.8) is 0 Å². The highest BCUT2D eigenvalue weighted by Crippen LogP contribution is 2.60. The first kappa shape index (κ1) is 48.2. The van der Waals surface area contributed by atoms with E-state index in [1.807, 2.05) is 0 Å². The van der Waals surface area contributed by atoms with Gasteiger partial charge in [0.2, 0.25) is 35.2 Å². The van der Waals surface area contributed by atoms with Gasteiger partial charge in [-0.2, -0.15) is 0 Å². The summed E-state index contributed by atoms with van der Waals surface area (Å²) < 4.78 is 48.2. The molecule has 28 heteroatoms. The number of methoxy groups -OCH3 is 2. The number of ether oxygens (including phenoxy) is 9. The Labute approximate surface area is 392 Å². The summed E-state index contributed by atoms with van der Waals surface area (Å²) in [6.45, 7) is -1.28. The van der Waals surface area contributed by atoms with Crippen LogP contribution in [0.2, 0.25) is 0 Å². The van der Waals surface area contributed by atoms with Crippen molar-refractivity contribution in [1.82, 2.24) is 0 Å². The van der Waals surface area contributed by atoms with Gasteiger partial charge in [-0.25, -0.2) is 28.8 Å². The standard InChI is InChI=1S/C43H34O28/c1-63-20(49)8-43-24(34(40(61)64-2)69-42(43)62)23-13(7-18(48)28(53)33(23)71-43)39(60)67-32-19-9-65-37(58)11-5-16(46)26(51)29(54)21(11)22-12(6-17(47)27(52)30(22)55)38(59)68-35(32)31(56)41(66-19)70-36(57)10-3-14(44)25(50)15(45)4-10/h3-7,19,24,31-32,34-35,41,44-48,50-56H,8-9H2,1-2H3/t19-,24-,31-,32-,34+,35-,41-,43+/m1/s1. The molecule has 4 aromatic rings. The minimum atomic E-state index is -2.61. The highest BCUT2D eigenvalue weighted by atomic mass is 16.7. The molecule has 2 saturated heterocycles. The van der Waals surface area contributed by atoms with Gasteiger partial charge in [0, 0.05) is 16.7 Å². The Hall–Kier alpha value is -9.31. The highest BCUT2D eigenvalue weighted by Gasteiger charge is 2.69. The molecule has 12 N–H and O–H groups in total. The van der Waals surface area contributed by atoms with E-state index in [2.05, 4.69) is 0 Å². The Morgan fingerprint density at radius 2 is 1.23 bits per heavy atom. The molecule has 0 aliphatic carbocycles. The molecule has 374 valence electrons. The molecule has 0 saturated carbocycles. The largest absolute Gasteiger partial charge is 0.504 e. The number of benzene rings is 4. The van der Waals surface area contributed by atoms with Crippen molar-refractivity contribution in [2.45, 2.75) is 54.7 Å². The van der Waals surface area contributed by atoms with Gasteiger partial charge >= 0.3 is 41.8 Å². The van der Waals surface area contributed by atoms with Gasteiger partial charge < -0.3 is 104 Å². The minimum absolute atomic E-state index is 0.383. The first-order valence-corrected chi connectivity index (χ1v) is 20.0. The molecule has 8 atom stereocenters. The zero-order valence-electron chi connectivity index (χ0n) is 35.7. The maximum Gasteiger partial charge on any atom is 0.352 e. The summed E-state index contributed by atoms with van der Waals surface area (Å²) in [5.74, 6) is -27.1. The lowest BCUT2D eigenvalue weighted by Gasteiger charge is -2.42. The van der Waals surface area contributed by atoms with E-state index in [1.54, 1.807) is 0 Å². The van der Waals surface area contributed by atoms with Gasteiger partial charge in [0.15, 0.2) is 70.1 Å². The van der Waals surface area contributed by atoms with Crippen LogP contribution in [0, 0.1) is 0 Å². The van der Waals surface area contributed by atoms with E-state index in [9.17, 15) is 94.8 Å². The zero-order chi connectivity index (χ0) is 51.9. The quantitative estimate of drug-likeness (QED) is 0.0651. The number of carbonyl (C=O) groups excluding carboxylic acids is 7. The van der Waals surface area contributed by atoms with Gasteiger partial charge in [-0.3, -0.25) is 4.79 Å². The predicted octanol–water partition coefficient (Wildman–Crippen LogP) is -0.144. The van der Waals surface area contributed by atoms with Crippen molar-refractivity contribution in [3.05, 3.63) is 58.1 Å². The number of esters is 7. The van der Waals surface area contributed by atoms with E-state index < -0.39 is 211 Å². The van der Waals surface area contributed by atoms with E-state index in [4.69, 9.17) is 42.6 Å². The fourth-order valence-corrected chi connectivity index (χ4v) is 8.39. The molecular weight excluding hydrogens is 964 g/mol. The van der Waals surface area contributed by atoms with E-state index >= 15 is 0 Å². The predicted molar refractivity (Wildman–Crippen MR) is 216 cm³/mol. The number of aromatic hydroxyl groups is 11. The number of aliphatic hydroxyl groups excluding tert-OH is 1. The number of cyclic esters (lactones) is 2. The van der Waals surface area contributed by atoms with Crippen molar-refractivity contribution in [2.75, 3.05) is 20.8 Å². The van der Waals surface area contributed by atoms with Crippen LogP contribution in [0.4, 0.5) is 0 Å². The fourth-order valence-electron chi connectivity index (χ4n) is 8.39. The maximum absolute atomic E-state index is 14.7. The average Bonchev–Trinajstić information content (AvgIpc) is 3.81. The summed E-state index contributed by atoms with van der Waals surface area (Å²) >= 11 is 0. The monoisotopic (exact) mass is 998 g/mol. The van der Waals surface area contributed by atoms with Crippen LogP contribution in [0.3, 0.4) is 0 Å². The Balaban J connectivity index is 1.29. The molecule has 0 aromatic heterocycles. The van der Waals surface area contributed by atoms with Crippen molar-refractivity contribution in [2.24, 2.45) is 0 Å². The lowest BCUT2D eigenvalue weighted by Crippen LogP contribution is -2.62. The number of fused-ring (bicyclic) bond motifs is 8. The molecule has 28 nitrogen and oxygen atoms in total. The van der Waals surface area contributed by atoms with Crippen molar-refractivity contribution in [1.29, 1.82) is 0 Å². The third kappa shape index (κ3) is 7.61. The van der Waals surface area contributed by atoms with Crippen LogP contribution in [0.1, 0.15) is 59.3 Å². The zero-order valence-corrected chi connectivity index (χ0v) is 35.7. The summed E-state index contributed by atoms with van der Waals surface area (Å²) in [6.07, 6.45) is -15.3. The second-order valence-corrected chi connectivity index (χ2v) is 15.8. The van der Waals surface area contributed by atoms with E-state index in [0.717, 1.165) is 14.2 Å². The molecule has 0 unspecified atom stereocenters. The fraction of sp³-hybridized carbons (Fsp3) is 0.279. The normalized spacial score (nSPS) is 24.1. The molecular formula is C43H34O28. The maximum atomic E-state index is 14.7. The molecule has 0 spiro atoms. The van der Waals surface area contributed by atoms with Crippen LogP contribution in [-0.4, -0.2) is 166 Å². The van der Waals surface area contributed by atoms with Crippen molar-refractivity contribution >= 4 is 41.8 Å². The summed E-state index contributed by atoms with van der Waals surface area (Å²) in [7, 11) is 1.79. The lowest BCUT2D eigenvalue weighted by molar-refractivity contribution is -0.283. The minimum Gasteiger partial charge on any atom is -0.504 e. The highest BCUT2D eigenvalue weighted by molar-refractivity contribution is 6.08. The van der Waals surface area contributed by atoms with Gasteiger partial charge in [-0.1, -0.05) is 0 Å². The molecule has 4 aromatic carbocycles. The molecule has 2 fully saturated rings. The van der Waals surface area contributed by atoms with Crippen LogP contribution >= 0.6 is 0 Å². The van der Waals surface area contributed by atoms with Gasteiger partial charge in [0.05, 0.1) is 48.8 Å². The van der Waals surface area contributed by atoms with Gasteiger partial charge in [-0.05, 0) is 30.3 Å². The summed E-state index contributed by atoms with van der Waals surface area (Å²) in [5, 5.41) is 128. The third-order valence-electron chi connectivity index (χ3n) is 11.7. The van der Waals surface area contributed by atoms with Crippen LogP contribution in [0.15, 0.2) is 30.3 Å². The topological polar surface area (TPSA) is 445 Å². The Bertz CT molecular complexity index is 2990. The molecule has 0 radical (unpaired) electrons. The second kappa shape index (κ2) is 17.3. The Morgan fingerprint density at radius 1 is 0.662 bits per heavy atom. The molecule has 0 amide bonds.